The van der Waals surface area contributed by atoms with Gasteiger partial charge in [-0.3, -0.25) is 4.79 Å². The first-order valence-corrected chi connectivity index (χ1v) is 7.47. The maximum absolute atomic E-state index is 11.9. The van der Waals surface area contributed by atoms with Crippen molar-refractivity contribution >= 4 is 23.5 Å². The molecule has 0 aromatic heterocycles. The van der Waals surface area contributed by atoms with Crippen LogP contribution in [0.3, 0.4) is 0 Å². The van der Waals surface area contributed by atoms with E-state index in [1.165, 1.54) is 0 Å². The molecule has 0 radical (unpaired) electrons. The van der Waals surface area contributed by atoms with Gasteiger partial charge in [0, 0.05) is 5.56 Å². The number of rotatable bonds is 7. The van der Waals surface area contributed by atoms with Crippen LogP contribution in [-0.4, -0.2) is 29.5 Å². The average molecular weight is 317 g/mol. The Morgan fingerprint density at radius 2 is 1.82 bits per heavy atom. The average Bonchev–Trinajstić information content (AvgIpc) is 2.59. The molecule has 0 aliphatic rings. The number of carbonyl (C=O) groups is 1. The van der Waals surface area contributed by atoms with Gasteiger partial charge < -0.3 is 9.84 Å². The molecule has 1 atom stereocenters. The van der Waals surface area contributed by atoms with E-state index >= 15 is 0 Å². The molecule has 22 heavy (non-hydrogen) atoms. The molecule has 0 saturated heterocycles. The summed E-state index contributed by atoms with van der Waals surface area (Å²) in [6.45, 7) is 0.158. The molecule has 114 valence electrons. The number of hydrogen-bond acceptors (Lipinski definition) is 3. The zero-order valence-electron chi connectivity index (χ0n) is 12.0. The van der Waals surface area contributed by atoms with Gasteiger partial charge in [0.2, 0.25) is 0 Å². The van der Waals surface area contributed by atoms with Crippen molar-refractivity contribution in [1.82, 2.24) is 0 Å². The highest BCUT2D eigenvalue weighted by Gasteiger charge is 2.03. The van der Waals surface area contributed by atoms with Crippen LogP contribution >= 0.6 is 11.6 Å². The van der Waals surface area contributed by atoms with E-state index in [9.17, 15) is 9.90 Å². The summed E-state index contributed by atoms with van der Waals surface area (Å²) in [7, 11) is 0. The monoisotopic (exact) mass is 316 g/mol. The van der Waals surface area contributed by atoms with Gasteiger partial charge in [-0.05, 0) is 23.8 Å². The van der Waals surface area contributed by atoms with Crippen molar-refractivity contribution in [2.45, 2.75) is 6.10 Å². The number of hydrogen-bond donors (Lipinski definition) is 1. The van der Waals surface area contributed by atoms with E-state index in [1.54, 1.807) is 36.4 Å². The second-order valence-corrected chi connectivity index (χ2v) is 5.06. The predicted molar refractivity (Wildman–Crippen MR) is 88.5 cm³/mol. The van der Waals surface area contributed by atoms with Crippen LogP contribution in [0.4, 0.5) is 0 Å². The minimum Gasteiger partial charge on any atom is -0.491 e. The van der Waals surface area contributed by atoms with Gasteiger partial charge in [-0.1, -0.05) is 48.5 Å². The molecule has 0 aliphatic heterocycles. The number of halogens is 1. The summed E-state index contributed by atoms with van der Waals surface area (Å²) in [5.41, 5.74) is 1.56. The fourth-order valence-electron chi connectivity index (χ4n) is 1.78. The van der Waals surface area contributed by atoms with Crippen LogP contribution in [-0.2, 0) is 0 Å². The summed E-state index contributed by atoms with van der Waals surface area (Å²) in [6, 6.07) is 16.4. The van der Waals surface area contributed by atoms with Gasteiger partial charge in [-0.15, -0.1) is 11.6 Å². The summed E-state index contributed by atoms with van der Waals surface area (Å²) in [5, 5.41) is 9.32. The number of aliphatic hydroxyl groups excluding tert-OH is 1. The second-order valence-electron chi connectivity index (χ2n) is 4.75. The van der Waals surface area contributed by atoms with Gasteiger partial charge in [-0.25, -0.2) is 0 Å². The molecular formula is C18H17ClO3. The number of allylic oxidation sites excluding steroid dienone is 1. The second kappa shape index (κ2) is 8.37. The molecule has 0 heterocycles. The van der Waals surface area contributed by atoms with Crippen LogP contribution in [0, 0.1) is 0 Å². The first-order valence-electron chi connectivity index (χ1n) is 6.93. The summed E-state index contributed by atoms with van der Waals surface area (Å²) in [6.07, 6.45) is 2.62. The fourth-order valence-corrected chi connectivity index (χ4v) is 1.87. The zero-order chi connectivity index (χ0) is 15.8. The van der Waals surface area contributed by atoms with Crippen molar-refractivity contribution in [3.8, 4) is 5.75 Å². The first kappa shape index (κ1) is 16.3. The Labute approximate surface area is 134 Å². The van der Waals surface area contributed by atoms with Gasteiger partial charge in [-0.2, -0.15) is 0 Å². The number of ketones is 1. The van der Waals surface area contributed by atoms with Crippen LogP contribution in [0.25, 0.3) is 6.08 Å². The molecule has 0 fully saturated rings. The highest BCUT2D eigenvalue weighted by Crippen LogP contribution is 2.14. The Kier molecular flexibility index (Phi) is 6.19. The molecule has 2 aromatic rings. The summed E-state index contributed by atoms with van der Waals surface area (Å²) in [4.78, 5) is 11.9. The van der Waals surface area contributed by atoms with Gasteiger partial charge in [0.15, 0.2) is 5.78 Å². The summed E-state index contributed by atoms with van der Waals surface area (Å²) < 4.78 is 5.38. The quantitative estimate of drug-likeness (QED) is 0.482. The van der Waals surface area contributed by atoms with E-state index in [1.807, 2.05) is 30.3 Å². The van der Waals surface area contributed by atoms with Crippen molar-refractivity contribution in [1.29, 1.82) is 0 Å². The zero-order valence-corrected chi connectivity index (χ0v) is 12.7. The summed E-state index contributed by atoms with van der Waals surface area (Å²) in [5.74, 6) is 0.754. The van der Waals surface area contributed by atoms with Gasteiger partial charge in [0.05, 0.1) is 5.88 Å². The van der Waals surface area contributed by atoms with Crippen molar-refractivity contribution in [2.24, 2.45) is 0 Å². The van der Waals surface area contributed by atoms with E-state index in [-0.39, 0.29) is 18.3 Å². The minimum absolute atomic E-state index is 0.0360. The lowest BCUT2D eigenvalue weighted by atomic mass is 10.1. The largest absolute Gasteiger partial charge is 0.491 e. The van der Waals surface area contributed by atoms with Crippen LogP contribution in [0.1, 0.15) is 15.9 Å². The Bertz CT molecular complexity index is 621. The minimum atomic E-state index is -0.676. The van der Waals surface area contributed by atoms with E-state index in [0.717, 1.165) is 5.56 Å². The van der Waals surface area contributed by atoms with Crippen LogP contribution < -0.4 is 4.74 Å². The highest BCUT2D eigenvalue weighted by atomic mass is 35.5. The molecule has 3 nitrogen and oxygen atoms in total. The lowest BCUT2D eigenvalue weighted by Gasteiger charge is -2.09. The van der Waals surface area contributed by atoms with Gasteiger partial charge in [0.25, 0.3) is 0 Å². The smallest absolute Gasteiger partial charge is 0.185 e. The SMILES string of the molecule is O=C(/C=C\c1ccc(OCC(O)CCl)cc1)c1ccccc1. The number of alkyl halides is 1. The Balaban J connectivity index is 1.93. The topological polar surface area (TPSA) is 46.5 Å². The molecule has 1 N–H and O–H groups in total. The highest BCUT2D eigenvalue weighted by molar-refractivity contribution is 6.18. The van der Waals surface area contributed by atoms with Crippen LogP contribution in [0.2, 0.25) is 0 Å². The van der Waals surface area contributed by atoms with Crippen molar-refractivity contribution in [2.75, 3.05) is 12.5 Å². The number of benzene rings is 2. The third-order valence-corrected chi connectivity index (χ3v) is 3.34. The normalized spacial score (nSPS) is 12.3. The standard InChI is InChI=1S/C18H17ClO3/c19-12-16(20)13-22-17-9-6-14(7-10-17)8-11-18(21)15-4-2-1-3-5-15/h1-11,16,20H,12-13H2/b11-8-. The Hall–Kier alpha value is -2.10. The number of ether oxygens (including phenoxy) is 1. The molecule has 0 saturated carbocycles. The maximum Gasteiger partial charge on any atom is 0.185 e. The fraction of sp³-hybridized carbons (Fsp3) is 0.167. The maximum atomic E-state index is 11.9. The molecule has 0 spiro atoms. The third kappa shape index (κ3) is 5.02. The first-order chi connectivity index (χ1) is 10.7. The molecule has 4 heteroatoms. The van der Waals surface area contributed by atoms with E-state index in [4.69, 9.17) is 16.3 Å². The molecule has 0 bridgehead atoms. The van der Waals surface area contributed by atoms with Gasteiger partial charge >= 0.3 is 0 Å². The van der Waals surface area contributed by atoms with Crippen LogP contribution in [0.5, 0.6) is 5.75 Å². The van der Waals surface area contributed by atoms with E-state index in [2.05, 4.69) is 0 Å². The van der Waals surface area contributed by atoms with Gasteiger partial charge in [0.1, 0.15) is 18.5 Å². The molecule has 0 aliphatic carbocycles. The summed E-state index contributed by atoms with van der Waals surface area (Å²) >= 11 is 5.49. The molecule has 2 rings (SSSR count). The van der Waals surface area contributed by atoms with E-state index in [0.29, 0.717) is 11.3 Å². The molecular weight excluding hydrogens is 300 g/mol. The third-order valence-electron chi connectivity index (χ3n) is 2.99. The molecule has 2 aromatic carbocycles. The lowest BCUT2D eigenvalue weighted by molar-refractivity contribution is 0.104. The van der Waals surface area contributed by atoms with E-state index < -0.39 is 6.10 Å². The molecule has 1 unspecified atom stereocenters. The van der Waals surface area contributed by atoms with Crippen molar-refractivity contribution in [3.63, 3.8) is 0 Å². The van der Waals surface area contributed by atoms with Crippen molar-refractivity contribution in [3.05, 3.63) is 71.8 Å². The lowest BCUT2D eigenvalue weighted by Crippen LogP contribution is -2.18. The Morgan fingerprint density at radius 1 is 1.14 bits per heavy atom. The number of aliphatic hydroxyl groups is 1. The molecule has 0 amide bonds. The predicted octanol–water partition coefficient (Wildman–Crippen LogP) is 3.56. The van der Waals surface area contributed by atoms with Crippen LogP contribution in [0.15, 0.2) is 60.7 Å². The van der Waals surface area contributed by atoms with Crippen molar-refractivity contribution < 1.29 is 14.6 Å². The number of carbonyl (C=O) groups excluding carboxylic acids is 1. The Morgan fingerprint density at radius 3 is 2.45 bits per heavy atom.